The first-order valence-corrected chi connectivity index (χ1v) is 4.57. The summed E-state index contributed by atoms with van der Waals surface area (Å²) >= 11 is 0. The van der Waals surface area contributed by atoms with Gasteiger partial charge in [0.2, 0.25) is 0 Å². The van der Waals surface area contributed by atoms with Crippen LogP contribution in [0, 0.1) is 0 Å². The molecule has 0 aliphatic heterocycles. The second-order valence-corrected chi connectivity index (χ2v) is 3.39. The van der Waals surface area contributed by atoms with Crippen molar-refractivity contribution in [3.8, 4) is 0 Å². The van der Waals surface area contributed by atoms with Crippen molar-refractivity contribution in [1.82, 2.24) is 4.90 Å². The molecular weight excluding hydrogens is 136 g/mol. The average molecular weight is 158 g/mol. The smallest absolute Gasteiger partial charge is 0.0139 e. The number of rotatable bonds is 5. The Kier molecular flexibility index (Phi) is 5.51. The van der Waals surface area contributed by atoms with Gasteiger partial charge in [-0.25, -0.2) is 0 Å². The summed E-state index contributed by atoms with van der Waals surface area (Å²) in [6.07, 6.45) is 2.44. The van der Waals surface area contributed by atoms with Gasteiger partial charge in [0.15, 0.2) is 0 Å². The van der Waals surface area contributed by atoms with E-state index in [0.29, 0.717) is 12.1 Å². The van der Waals surface area contributed by atoms with Gasteiger partial charge >= 0.3 is 0 Å². The van der Waals surface area contributed by atoms with E-state index in [0.717, 1.165) is 6.54 Å². The molecule has 0 bridgehead atoms. The Morgan fingerprint density at radius 3 is 2.00 bits per heavy atom. The van der Waals surface area contributed by atoms with Gasteiger partial charge < -0.3 is 10.6 Å². The van der Waals surface area contributed by atoms with E-state index in [1.807, 2.05) is 0 Å². The Morgan fingerprint density at radius 1 is 1.27 bits per heavy atom. The SMILES string of the molecule is CCC(CC)N(C)CC(C)N. The lowest BCUT2D eigenvalue weighted by molar-refractivity contribution is 0.220. The molecule has 0 aromatic rings. The van der Waals surface area contributed by atoms with E-state index < -0.39 is 0 Å². The Bertz CT molecular complexity index is 87.6. The molecule has 2 N–H and O–H groups in total. The molecule has 0 rings (SSSR count). The predicted molar refractivity (Wildman–Crippen MR) is 50.6 cm³/mol. The van der Waals surface area contributed by atoms with Crippen LogP contribution < -0.4 is 5.73 Å². The van der Waals surface area contributed by atoms with Crippen LogP contribution in [0.3, 0.4) is 0 Å². The first-order valence-electron chi connectivity index (χ1n) is 4.57. The Hall–Kier alpha value is -0.0800. The van der Waals surface area contributed by atoms with Gasteiger partial charge in [-0.2, -0.15) is 0 Å². The quantitative estimate of drug-likeness (QED) is 0.656. The zero-order chi connectivity index (χ0) is 8.85. The second-order valence-electron chi connectivity index (χ2n) is 3.39. The topological polar surface area (TPSA) is 29.3 Å². The minimum atomic E-state index is 0.292. The van der Waals surface area contributed by atoms with Crippen molar-refractivity contribution in [2.45, 2.75) is 45.7 Å². The first kappa shape index (κ1) is 10.9. The fraction of sp³-hybridized carbons (Fsp3) is 1.00. The molecular formula is C9H22N2. The minimum Gasteiger partial charge on any atom is -0.327 e. The van der Waals surface area contributed by atoms with E-state index in [2.05, 4.69) is 32.7 Å². The number of nitrogens with zero attached hydrogens (tertiary/aromatic N) is 1. The lowest BCUT2D eigenvalue weighted by atomic mass is 10.1. The van der Waals surface area contributed by atoms with Crippen molar-refractivity contribution < 1.29 is 0 Å². The maximum Gasteiger partial charge on any atom is 0.0139 e. The number of hydrogen-bond acceptors (Lipinski definition) is 2. The summed E-state index contributed by atoms with van der Waals surface area (Å²) in [4.78, 5) is 2.35. The van der Waals surface area contributed by atoms with Crippen molar-refractivity contribution >= 4 is 0 Å². The predicted octanol–water partition coefficient (Wildman–Crippen LogP) is 1.45. The molecule has 0 aromatic carbocycles. The number of nitrogens with two attached hydrogens (primary N) is 1. The van der Waals surface area contributed by atoms with Crippen molar-refractivity contribution in [3.63, 3.8) is 0 Å². The summed E-state index contributed by atoms with van der Waals surface area (Å²) in [5.41, 5.74) is 5.70. The first-order chi connectivity index (χ1) is 5.11. The van der Waals surface area contributed by atoms with Crippen LogP contribution in [-0.4, -0.2) is 30.6 Å². The Labute approximate surface area is 70.8 Å². The van der Waals surface area contributed by atoms with Crippen molar-refractivity contribution in [2.75, 3.05) is 13.6 Å². The lowest BCUT2D eigenvalue weighted by Gasteiger charge is -2.27. The van der Waals surface area contributed by atoms with Crippen molar-refractivity contribution in [3.05, 3.63) is 0 Å². The summed E-state index contributed by atoms with van der Waals surface area (Å²) in [6, 6.07) is 1.00. The summed E-state index contributed by atoms with van der Waals surface area (Å²) in [5, 5.41) is 0. The second kappa shape index (κ2) is 5.56. The van der Waals surface area contributed by atoms with Crippen LogP contribution in [0.1, 0.15) is 33.6 Å². The molecule has 0 fully saturated rings. The third-order valence-corrected chi connectivity index (χ3v) is 2.14. The van der Waals surface area contributed by atoms with Gasteiger partial charge in [-0.1, -0.05) is 13.8 Å². The number of hydrogen-bond donors (Lipinski definition) is 1. The molecule has 0 heterocycles. The zero-order valence-electron chi connectivity index (χ0n) is 8.30. The van der Waals surface area contributed by atoms with Crippen LogP contribution in [0.15, 0.2) is 0 Å². The van der Waals surface area contributed by atoms with Gasteiger partial charge in [0.1, 0.15) is 0 Å². The maximum atomic E-state index is 5.70. The van der Waals surface area contributed by atoms with Gasteiger partial charge in [0.05, 0.1) is 0 Å². The van der Waals surface area contributed by atoms with Gasteiger partial charge in [-0.05, 0) is 26.8 Å². The van der Waals surface area contributed by atoms with Crippen LogP contribution in [0.4, 0.5) is 0 Å². The fourth-order valence-corrected chi connectivity index (χ4v) is 1.52. The van der Waals surface area contributed by atoms with E-state index in [1.165, 1.54) is 12.8 Å². The molecule has 2 heteroatoms. The largest absolute Gasteiger partial charge is 0.327 e. The highest BCUT2D eigenvalue weighted by atomic mass is 15.1. The van der Waals surface area contributed by atoms with Crippen LogP contribution in [-0.2, 0) is 0 Å². The normalized spacial score (nSPS) is 14.5. The Balaban J connectivity index is 3.68. The molecule has 0 aliphatic rings. The summed E-state index contributed by atoms with van der Waals surface area (Å²) in [6.45, 7) is 7.52. The molecule has 0 saturated heterocycles. The van der Waals surface area contributed by atoms with Crippen LogP contribution in [0.5, 0.6) is 0 Å². The summed E-state index contributed by atoms with van der Waals surface area (Å²) in [7, 11) is 2.15. The molecule has 0 aromatic heterocycles. The summed E-state index contributed by atoms with van der Waals surface area (Å²) < 4.78 is 0. The average Bonchev–Trinajstić information content (AvgIpc) is 1.88. The van der Waals surface area contributed by atoms with E-state index in [1.54, 1.807) is 0 Å². The van der Waals surface area contributed by atoms with Crippen LogP contribution in [0.2, 0.25) is 0 Å². The van der Waals surface area contributed by atoms with E-state index in [9.17, 15) is 0 Å². The van der Waals surface area contributed by atoms with E-state index in [-0.39, 0.29) is 0 Å². The third-order valence-electron chi connectivity index (χ3n) is 2.14. The van der Waals surface area contributed by atoms with Crippen LogP contribution >= 0.6 is 0 Å². The van der Waals surface area contributed by atoms with Gasteiger partial charge in [-0.3, -0.25) is 0 Å². The highest BCUT2D eigenvalue weighted by Crippen LogP contribution is 2.05. The van der Waals surface area contributed by atoms with E-state index >= 15 is 0 Å². The van der Waals surface area contributed by atoms with Crippen molar-refractivity contribution in [2.24, 2.45) is 5.73 Å². The molecule has 0 saturated carbocycles. The number of likely N-dealkylation sites (N-methyl/N-ethyl adjacent to an activating group) is 1. The fourth-order valence-electron chi connectivity index (χ4n) is 1.52. The molecule has 68 valence electrons. The van der Waals surface area contributed by atoms with E-state index in [4.69, 9.17) is 5.73 Å². The molecule has 0 radical (unpaired) electrons. The van der Waals surface area contributed by atoms with Gasteiger partial charge in [0.25, 0.3) is 0 Å². The molecule has 11 heavy (non-hydrogen) atoms. The minimum absolute atomic E-state index is 0.292. The third kappa shape index (κ3) is 4.38. The highest BCUT2D eigenvalue weighted by Gasteiger charge is 2.10. The maximum absolute atomic E-state index is 5.70. The Morgan fingerprint density at radius 2 is 1.73 bits per heavy atom. The standard InChI is InChI=1S/C9H22N2/c1-5-9(6-2)11(4)7-8(3)10/h8-9H,5-7,10H2,1-4H3. The lowest BCUT2D eigenvalue weighted by Crippen LogP contribution is -2.39. The molecule has 1 atom stereocenters. The zero-order valence-corrected chi connectivity index (χ0v) is 8.30. The molecule has 1 unspecified atom stereocenters. The monoisotopic (exact) mass is 158 g/mol. The molecule has 0 amide bonds. The van der Waals surface area contributed by atoms with Crippen LogP contribution in [0.25, 0.3) is 0 Å². The van der Waals surface area contributed by atoms with Crippen molar-refractivity contribution in [1.29, 1.82) is 0 Å². The molecule has 0 spiro atoms. The summed E-state index contributed by atoms with van der Waals surface area (Å²) in [5.74, 6) is 0. The van der Waals surface area contributed by atoms with Gasteiger partial charge in [-0.15, -0.1) is 0 Å². The molecule has 2 nitrogen and oxygen atoms in total. The highest BCUT2D eigenvalue weighted by molar-refractivity contribution is 4.68. The van der Waals surface area contributed by atoms with Gasteiger partial charge in [0, 0.05) is 18.6 Å². The molecule has 0 aliphatic carbocycles.